The second-order valence-corrected chi connectivity index (χ2v) is 5.29. The Morgan fingerprint density at radius 3 is 2.50 bits per heavy atom. The van der Waals surface area contributed by atoms with Gasteiger partial charge in [0, 0.05) is 11.1 Å². The lowest BCUT2D eigenvalue weighted by atomic mass is 10.1. The summed E-state index contributed by atoms with van der Waals surface area (Å²) in [5, 5.41) is 14.6. The monoisotopic (exact) mass is 317 g/mol. The van der Waals surface area contributed by atoms with Crippen LogP contribution in [0.4, 0.5) is 0 Å². The summed E-state index contributed by atoms with van der Waals surface area (Å²) in [5.74, 6) is -0.463. The summed E-state index contributed by atoms with van der Waals surface area (Å²) in [4.78, 5) is 28.8. The quantitative estimate of drug-likeness (QED) is 0.736. The SMILES string of the molecule is O=C1C(/C=N/n2cnc3ccccc3c2=O)=C(O)c2ccccc21. The average molecular weight is 317 g/mol. The summed E-state index contributed by atoms with van der Waals surface area (Å²) in [5.41, 5.74) is 1.16. The molecule has 0 spiro atoms. The van der Waals surface area contributed by atoms with E-state index >= 15 is 0 Å². The predicted octanol–water partition coefficient (Wildman–Crippen LogP) is 2.40. The van der Waals surface area contributed by atoms with Crippen LogP contribution in [0.1, 0.15) is 15.9 Å². The summed E-state index contributed by atoms with van der Waals surface area (Å²) in [7, 11) is 0. The Hall–Kier alpha value is -3.54. The molecule has 0 aliphatic heterocycles. The molecular weight excluding hydrogens is 306 g/mol. The Morgan fingerprint density at radius 2 is 1.71 bits per heavy atom. The molecule has 1 heterocycles. The van der Waals surface area contributed by atoms with Gasteiger partial charge in [-0.3, -0.25) is 9.59 Å². The maximum atomic E-state index is 12.4. The summed E-state index contributed by atoms with van der Waals surface area (Å²) in [6, 6.07) is 13.7. The van der Waals surface area contributed by atoms with Crippen LogP contribution in [0.2, 0.25) is 0 Å². The third-order valence-corrected chi connectivity index (χ3v) is 3.89. The molecule has 1 aliphatic carbocycles. The molecule has 4 rings (SSSR count). The first-order chi connectivity index (χ1) is 11.7. The van der Waals surface area contributed by atoms with Gasteiger partial charge in [0.1, 0.15) is 12.1 Å². The van der Waals surface area contributed by atoms with Crippen molar-refractivity contribution in [2.45, 2.75) is 0 Å². The fourth-order valence-corrected chi connectivity index (χ4v) is 2.67. The molecule has 0 atom stereocenters. The highest BCUT2D eigenvalue weighted by Crippen LogP contribution is 2.29. The van der Waals surface area contributed by atoms with Crippen molar-refractivity contribution in [3.8, 4) is 0 Å². The van der Waals surface area contributed by atoms with Crippen LogP contribution in [0, 0.1) is 0 Å². The molecule has 2 aromatic carbocycles. The minimum absolute atomic E-state index is 0.0521. The number of ketones is 1. The van der Waals surface area contributed by atoms with Gasteiger partial charge in [0.05, 0.1) is 22.7 Å². The molecular formula is C18H11N3O3. The van der Waals surface area contributed by atoms with Gasteiger partial charge in [0.25, 0.3) is 5.56 Å². The van der Waals surface area contributed by atoms with Crippen LogP contribution < -0.4 is 5.56 Å². The van der Waals surface area contributed by atoms with Crippen molar-refractivity contribution in [1.82, 2.24) is 9.66 Å². The second kappa shape index (κ2) is 5.27. The van der Waals surface area contributed by atoms with Crippen LogP contribution >= 0.6 is 0 Å². The normalized spacial score (nSPS) is 13.9. The molecule has 1 aliphatic rings. The number of aliphatic hydroxyl groups excluding tert-OH is 1. The van der Waals surface area contributed by atoms with Gasteiger partial charge in [0.15, 0.2) is 5.78 Å². The van der Waals surface area contributed by atoms with Crippen molar-refractivity contribution in [2.24, 2.45) is 5.10 Å². The van der Waals surface area contributed by atoms with E-state index in [4.69, 9.17) is 0 Å². The molecule has 0 amide bonds. The van der Waals surface area contributed by atoms with Gasteiger partial charge in [-0.25, -0.2) is 4.98 Å². The molecule has 0 saturated heterocycles. The maximum Gasteiger partial charge on any atom is 0.281 e. The molecule has 0 unspecified atom stereocenters. The topological polar surface area (TPSA) is 84.5 Å². The number of carbonyl (C=O) groups is 1. The highest BCUT2D eigenvalue weighted by Gasteiger charge is 2.28. The zero-order valence-electron chi connectivity index (χ0n) is 12.4. The second-order valence-electron chi connectivity index (χ2n) is 5.29. The van der Waals surface area contributed by atoms with Crippen molar-refractivity contribution in [1.29, 1.82) is 0 Å². The molecule has 116 valence electrons. The summed E-state index contributed by atoms with van der Waals surface area (Å²) >= 11 is 0. The van der Waals surface area contributed by atoms with Gasteiger partial charge in [-0.15, -0.1) is 0 Å². The number of fused-ring (bicyclic) bond motifs is 2. The lowest BCUT2D eigenvalue weighted by molar-refractivity contribution is 0.104. The van der Waals surface area contributed by atoms with Crippen molar-refractivity contribution < 1.29 is 9.90 Å². The highest BCUT2D eigenvalue weighted by atomic mass is 16.3. The standard InChI is InChI=1S/C18H11N3O3/c22-16-11-5-1-2-6-12(11)17(23)14(16)9-20-21-10-19-15-8-4-3-7-13(15)18(21)24/h1-10,22H/b20-9+. The van der Waals surface area contributed by atoms with Crippen molar-refractivity contribution in [2.75, 3.05) is 0 Å². The first-order valence-electron chi connectivity index (χ1n) is 7.25. The predicted molar refractivity (Wildman–Crippen MR) is 90.2 cm³/mol. The molecule has 6 nitrogen and oxygen atoms in total. The van der Waals surface area contributed by atoms with E-state index in [-0.39, 0.29) is 22.7 Å². The number of benzene rings is 2. The van der Waals surface area contributed by atoms with Crippen LogP contribution in [0.15, 0.2) is 70.3 Å². The summed E-state index contributed by atoms with van der Waals surface area (Å²) in [6.45, 7) is 0. The van der Waals surface area contributed by atoms with E-state index in [1.54, 1.807) is 48.5 Å². The number of nitrogens with zero attached hydrogens (tertiary/aromatic N) is 3. The van der Waals surface area contributed by atoms with Gasteiger partial charge in [-0.1, -0.05) is 36.4 Å². The van der Waals surface area contributed by atoms with E-state index in [1.807, 2.05) is 0 Å². The van der Waals surface area contributed by atoms with Crippen LogP contribution in [0.5, 0.6) is 0 Å². The number of carbonyl (C=O) groups excluding carboxylic acids is 1. The molecule has 0 radical (unpaired) electrons. The minimum Gasteiger partial charge on any atom is -0.506 e. The maximum absolute atomic E-state index is 12.4. The van der Waals surface area contributed by atoms with Gasteiger partial charge in [-0.05, 0) is 12.1 Å². The van der Waals surface area contributed by atoms with Crippen molar-refractivity contribution in [3.05, 3.63) is 81.9 Å². The number of aliphatic hydroxyl groups is 1. The number of hydrogen-bond donors (Lipinski definition) is 1. The minimum atomic E-state index is -0.347. The van der Waals surface area contributed by atoms with E-state index in [1.165, 1.54) is 12.5 Å². The molecule has 0 bridgehead atoms. The van der Waals surface area contributed by atoms with E-state index < -0.39 is 0 Å². The fraction of sp³-hybridized carbons (Fsp3) is 0. The molecule has 3 aromatic rings. The van der Waals surface area contributed by atoms with E-state index in [0.717, 1.165) is 4.68 Å². The smallest absolute Gasteiger partial charge is 0.281 e. The third-order valence-electron chi connectivity index (χ3n) is 3.89. The van der Waals surface area contributed by atoms with Gasteiger partial charge < -0.3 is 5.11 Å². The van der Waals surface area contributed by atoms with Crippen molar-refractivity contribution >= 4 is 28.7 Å². The number of para-hydroxylation sites is 1. The zero-order chi connectivity index (χ0) is 16.7. The number of allylic oxidation sites excluding steroid dienone is 1. The Morgan fingerprint density at radius 1 is 1.00 bits per heavy atom. The first-order valence-corrected chi connectivity index (χ1v) is 7.25. The van der Waals surface area contributed by atoms with E-state index in [9.17, 15) is 14.7 Å². The number of rotatable bonds is 2. The van der Waals surface area contributed by atoms with Crippen molar-refractivity contribution in [3.63, 3.8) is 0 Å². The van der Waals surface area contributed by atoms with Crippen LogP contribution in [-0.4, -0.2) is 26.8 Å². The van der Waals surface area contributed by atoms with Crippen LogP contribution in [0.25, 0.3) is 16.7 Å². The van der Waals surface area contributed by atoms with E-state index in [0.29, 0.717) is 22.0 Å². The van der Waals surface area contributed by atoms with E-state index in [2.05, 4.69) is 10.1 Å². The van der Waals surface area contributed by atoms with Crippen LogP contribution in [-0.2, 0) is 0 Å². The Labute approximate surface area is 136 Å². The lowest BCUT2D eigenvalue weighted by Gasteiger charge is -2.00. The molecule has 0 saturated carbocycles. The molecule has 24 heavy (non-hydrogen) atoms. The third kappa shape index (κ3) is 2.04. The Kier molecular flexibility index (Phi) is 3.09. The molecule has 6 heteroatoms. The van der Waals surface area contributed by atoms with Gasteiger partial charge in [0.2, 0.25) is 0 Å². The molecule has 1 N–H and O–H groups in total. The van der Waals surface area contributed by atoms with Crippen LogP contribution in [0.3, 0.4) is 0 Å². The molecule has 0 fully saturated rings. The highest BCUT2D eigenvalue weighted by molar-refractivity contribution is 6.30. The number of hydrogen-bond acceptors (Lipinski definition) is 5. The Balaban J connectivity index is 1.77. The van der Waals surface area contributed by atoms with Gasteiger partial charge >= 0.3 is 0 Å². The number of Topliss-reactive ketones (excluding diaryl/α,β-unsaturated/α-hetero) is 1. The average Bonchev–Trinajstić information content (AvgIpc) is 2.86. The lowest BCUT2D eigenvalue weighted by Crippen LogP contribution is -2.17. The zero-order valence-corrected chi connectivity index (χ0v) is 12.4. The van der Waals surface area contributed by atoms with Gasteiger partial charge in [-0.2, -0.15) is 9.78 Å². The first kappa shape index (κ1) is 14.1. The Bertz CT molecular complexity index is 1110. The summed E-state index contributed by atoms with van der Waals surface area (Å²) in [6.07, 6.45) is 2.47. The largest absolute Gasteiger partial charge is 0.506 e. The fourth-order valence-electron chi connectivity index (χ4n) is 2.67. The molecule has 1 aromatic heterocycles. The number of aromatic nitrogens is 2. The summed E-state index contributed by atoms with van der Waals surface area (Å²) < 4.78 is 1.04.